The maximum absolute atomic E-state index is 11.8. The molecule has 0 spiro atoms. The van der Waals surface area contributed by atoms with Crippen LogP contribution in [-0.4, -0.2) is 39.7 Å². The zero-order valence-electron chi connectivity index (χ0n) is 9.17. The fourth-order valence-corrected chi connectivity index (χ4v) is 4.13. The van der Waals surface area contributed by atoms with E-state index >= 15 is 0 Å². The van der Waals surface area contributed by atoms with Crippen molar-refractivity contribution in [2.45, 2.75) is 41.7 Å². The predicted molar refractivity (Wildman–Crippen MR) is 68.6 cm³/mol. The third kappa shape index (κ3) is 2.36. The van der Waals surface area contributed by atoms with Crippen molar-refractivity contribution in [1.82, 2.24) is 4.90 Å². The predicted octanol–water partition coefficient (Wildman–Crippen LogP) is 2.66. The van der Waals surface area contributed by atoms with E-state index in [1.807, 2.05) is 11.8 Å². The Hall–Kier alpha value is 0.300. The summed E-state index contributed by atoms with van der Waals surface area (Å²) >= 11 is 5.40. The van der Waals surface area contributed by atoms with E-state index < -0.39 is 0 Å². The smallest absolute Gasteiger partial charge is 0.236 e. The van der Waals surface area contributed by atoms with Crippen LogP contribution < -0.4 is 0 Å². The molecule has 1 atom stereocenters. The summed E-state index contributed by atoms with van der Waals surface area (Å²) in [4.78, 5) is 14.0. The molecule has 1 saturated carbocycles. The number of thioether (sulfide) groups is 1. The van der Waals surface area contributed by atoms with Gasteiger partial charge in [-0.3, -0.25) is 4.79 Å². The van der Waals surface area contributed by atoms with Crippen LogP contribution in [0, 0.1) is 0 Å². The molecule has 0 N–H and O–H groups in total. The Balaban J connectivity index is 1.98. The average Bonchev–Trinajstić information content (AvgIpc) is 2.82. The number of hydrogen-bond acceptors (Lipinski definition) is 2. The lowest BCUT2D eigenvalue weighted by Crippen LogP contribution is -2.40. The molecule has 15 heavy (non-hydrogen) atoms. The van der Waals surface area contributed by atoms with Gasteiger partial charge >= 0.3 is 0 Å². The molecule has 2 rings (SSSR count). The second-order valence-corrected chi connectivity index (χ2v) is 6.99. The van der Waals surface area contributed by atoms with E-state index in [0.717, 1.165) is 19.5 Å². The zero-order valence-corrected chi connectivity index (χ0v) is 11.6. The molecule has 4 heteroatoms. The molecule has 1 heterocycles. The minimum atomic E-state index is 0.0813. The van der Waals surface area contributed by atoms with Crippen LogP contribution in [0.25, 0.3) is 0 Å². The largest absolute Gasteiger partial charge is 0.340 e. The molecule has 1 amide bonds. The van der Waals surface area contributed by atoms with Crippen LogP contribution in [0.5, 0.6) is 0 Å². The van der Waals surface area contributed by atoms with Crippen LogP contribution in [0.1, 0.15) is 32.1 Å². The molecule has 2 fully saturated rings. The Morgan fingerprint density at radius 1 is 1.53 bits per heavy atom. The van der Waals surface area contributed by atoms with Crippen molar-refractivity contribution < 1.29 is 4.79 Å². The molecule has 1 aliphatic heterocycles. The fourth-order valence-electron chi connectivity index (χ4n) is 2.65. The van der Waals surface area contributed by atoms with Gasteiger partial charge in [0.25, 0.3) is 0 Å². The third-order valence-electron chi connectivity index (χ3n) is 3.66. The number of rotatable bonds is 3. The van der Waals surface area contributed by atoms with E-state index in [1.165, 1.54) is 25.7 Å². The summed E-state index contributed by atoms with van der Waals surface area (Å²) in [6.45, 7) is 1.91. The van der Waals surface area contributed by atoms with Gasteiger partial charge in [-0.05, 0) is 25.5 Å². The van der Waals surface area contributed by atoms with Gasteiger partial charge in [-0.2, -0.15) is 11.8 Å². The average molecular weight is 292 g/mol. The number of amides is 1. The van der Waals surface area contributed by atoms with Gasteiger partial charge in [0.1, 0.15) is 0 Å². The van der Waals surface area contributed by atoms with Crippen molar-refractivity contribution in [3.05, 3.63) is 0 Å². The molecule has 1 saturated heterocycles. The van der Waals surface area contributed by atoms with E-state index in [-0.39, 0.29) is 4.83 Å². The van der Waals surface area contributed by atoms with Crippen LogP contribution in [0.2, 0.25) is 0 Å². The van der Waals surface area contributed by atoms with E-state index in [4.69, 9.17) is 0 Å². The number of hydrogen-bond donors (Lipinski definition) is 0. The van der Waals surface area contributed by atoms with Crippen molar-refractivity contribution in [1.29, 1.82) is 0 Å². The Kier molecular flexibility index (Phi) is 3.66. The number of likely N-dealkylation sites (tertiary alicyclic amines) is 1. The molecule has 0 aromatic heterocycles. The van der Waals surface area contributed by atoms with Crippen LogP contribution in [0.3, 0.4) is 0 Å². The lowest BCUT2D eigenvalue weighted by Gasteiger charge is -2.31. The Morgan fingerprint density at radius 3 is 2.67 bits per heavy atom. The second kappa shape index (κ2) is 4.66. The van der Waals surface area contributed by atoms with E-state index in [2.05, 4.69) is 27.1 Å². The number of carbonyl (C=O) groups is 1. The first-order valence-corrected chi connectivity index (χ1v) is 7.79. The summed E-state index contributed by atoms with van der Waals surface area (Å²) in [5.74, 6) is 0.301. The fraction of sp³-hybridized carbons (Fsp3) is 0.909. The summed E-state index contributed by atoms with van der Waals surface area (Å²) in [5, 5.41) is 0. The van der Waals surface area contributed by atoms with Crippen molar-refractivity contribution >= 4 is 33.6 Å². The summed E-state index contributed by atoms with van der Waals surface area (Å²) in [6.07, 6.45) is 8.40. The first-order valence-electron chi connectivity index (χ1n) is 5.65. The summed E-state index contributed by atoms with van der Waals surface area (Å²) in [7, 11) is 0. The van der Waals surface area contributed by atoms with Crippen LogP contribution in [0.4, 0.5) is 0 Å². The monoisotopic (exact) mass is 291 g/mol. The van der Waals surface area contributed by atoms with Gasteiger partial charge in [0.15, 0.2) is 0 Å². The van der Waals surface area contributed by atoms with Gasteiger partial charge in [-0.15, -0.1) is 0 Å². The molecule has 2 nitrogen and oxygen atoms in total. The SMILES string of the molecule is CSC1(CN2CCC(Br)C2=O)CCCC1. The van der Waals surface area contributed by atoms with Gasteiger partial charge < -0.3 is 4.90 Å². The molecule has 86 valence electrons. The Labute approximate surface area is 104 Å². The summed E-state index contributed by atoms with van der Waals surface area (Å²) in [5.41, 5.74) is 0. The zero-order chi connectivity index (χ0) is 10.9. The lowest BCUT2D eigenvalue weighted by atomic mass is 10.1. The van der Waals surface area contributed by atoms with E-state index in [1.54, 1.807) is 0 Å². The molecule has 0 bridgehead atoms. The molecule has 0 aromatic rings. The number of halogens is 1. The van der Waals surface area contributed by atoms with Crippen LogP contribution in [-0.2, 0) is 4.79 Å². The van der Waals surface area contributed by atoms with Crippen molar-refractivity contribution in [3.63, 3.8) is 0 Å². The van der Waals surface area contributed by atoms with Gasteiger partial charge in [-0.25, -0.2) is 0 Å². The standard InChI is InChI=1S/C11H18BrNOS/c1-15-11(5-2-3-6-11)8-13-7-4-9(12)10(13)14/h9H,2-8H2,1H3. The highest BCUT2D eigenvalue weighted by atomic mass is 79.9. The number of alkyl halides is 1. The van der Waals surface area contributed by atoms with Crippen molar-refractivity contribution in [3.8, 4) is 0 Å². The van der Waals surface area contributed by atoms with Gasteiger partial charge in [0.05, 0.1) is 4.83 Å². The summed E-state index contributed by atoms with van der Waals surface area (Å²) in [6, 6.07) is 0. The maximum atomic E-state index is 11.8. The second-order valence-electron chi connectivity index (χ2n) is 4.61. The third-order valence-corrected chi connectivity index (χ3v) is 5.91. The highest BCUT2D eigenvalue weighted by Crippen LogP contribution is 2.41. The van der Waals surface area contributed by atoms with Crippen LogP contribution in [0.15, 0.2) is 0 Å². The van der Waals surface area contributed by atoms with Crippen molar-refractivity contribution in [2.24, 2.45) is 0 Å². The molecule has 1 unspecified atom stereocenters. The van der Waals surface area contributed by atoms with Crippen molar-refractivity contribution in [2.75, 3.05) is 19.3 Å². The molecule has 1 aliphatic carbocycles. The molecule has 0 radical (unpaired) electrons. The first kappa shape index (κ1) is 11.8. The molecular weight excluding hydrogens is 274 g/mol. The highest BCUT2D eigenvalue weighted by molar-refractivity contribution is 9.10. The normalized spacial score (nSPS) is 30.1. The minimum Gasteiger partial charge on any atom is -0.340 e. The van der Waals surface area contributed by atoms with E-state index in [9.17, 15) is 4.79 Å². The molecule has 0 aromatic carbocycles. The molecule has 2 aliphatic rings. The highest BCUT2D eigenvalue weighted by Gasteiger charge is 2.39. The maximum Gasteiger partial charge on any atom is 0.236 e. The lowest BCUT2D eigenvalue weighted by molar-refractivity contribution is -0.127. The van der Waals surface area contributed by atoms with E-state index in [0.29, 0.717) is 10.7 Å². The number of carbonyl (C=O) groups excluding carboxylic acids is 1. The summed E-state index contributed by atoms with van der Waals surface area (Å²) < 4.78 is 0.368. The van der Waals surface area contributed by atoms with Gasteiger partial charge in [0, 0.05) is 17.8 Å². The van der Waals surface area contributed by atoms with Crippen LogP contribution >= 0.6 is 27.7 Å². The molecular formula is C11H18BrNOS. The van der Waals surface area contributed by atoms with Gasteiger partial charge in [-0.1, -0.05) is 28.8 Å². The van der Waals surface area contributed by atoms with Gasteiger partial charge in [0.2, 0.25) is 5.91 Å². The first-order chi connectivity index (χ1) is 7.17. The Morgan fingerprint density at radius 2 is 2.20 bits per heavy atom. The quantitative estimate of drug-likeness (QED) is 0.745. The minimum absolute atomic E-state index is 0.0813. The Bertz CT molecular complexity index is 253. The topological polar surface area (TPSA) is 20.3 Å². The number of nitrogens with zero attached hydrogens (tertiary/aromatic N) is 1.